The number of fused-ring (bicyclic) bond motifs is 1. The van der Waals surface area contributed by atoms with E-state index in [0.29, 0.717) is 55.2 Å². The average molecular weight is 755 g/mol. The fourth-order valence-corrected chi connectivity index (χ4v) is 7.77. The molecule has 11 nitrogen and oxygen atoms in total. The van der Waals surface area contributed by atoms with E-state index in [-0.39, 0.29) is 34.8 Å². The Balaban J connectivity index is 1.28. The van der Waals surface area contributed by atoms with Crippen molar-refractivity contribution >= 4 is 31.8 Å². The van der Waals surface area contributed by atoms with E-state index < -0.39 is 20.2 Å². The summed E-state index contributed by atoms with van der Waals surface area (Å²) >= 11 is 0. The molecule has 5 aromatic rings. The largest absolute Gasteiger partial charge is 0.488 e. The number of ether oxygens (including phenoxy) is 2. The number of hydrogen-bond donors (Lipinski definition) is 3. The Morgan fingerprint density at radius 1 is 0.755 bits per heavy atom. The van der Waals surface area contributed by atoms with Crippen molar-refractivity contribution in [2.45, 2.75) is 54.8 Å². The molecule has 0 aliphatic carbocycles. The number of nitrogens with one attached hydrogen (secondary N) is 1. The summed E-state index contributed by atoms with van der Waals surface area (Å²) in [7, 11) is -8.77. The Bertz CT molecular complexity index is 2340. The van der Waals surface area contributed by atoms with Gasteiger partial charge in [-0.1, -0.05) is 72.8 Å². The summed E-state index contributed by atoms with van der Waals surface area (Å²) < 4.78 is 77.9. The summed E-state index contributed by atoms with van der Waals surface area (Å²) in [4.78, 5) is 16.2. The highest BCUT2D eigenvalue weighted by molar-refractivity contribution is 7.86. The van der Waals surface area contributed by atoms with Crippen LogP contribution in [0.25, 0.3) is 0 Å². The van der Waals surface area contributed by atoms with Gasteiger partial charge in [0.15, 0.2) is 0 Å². The Morgan fingerprint density at radius 3 is 2.04 bits per heavy atom. The van der Waals surface area contributed by atoms with Crippen LogP contribution in [0.3, 0.4) is 0 Å². The number of hydrogen-bond acceptors (Lipinski definition) is 8. The van der Waals surface area contributed by atoms with Crippen LogP contribution in [0.5, 0.6) is 5.75 Å². The lowest BCUT2D eigenvalue weighted by atomic mass is 9.93. The molecule has 274 valence electrons. The Morgan fingerprint density at radius 2 is 1.42 bits per heavy atom. The fourth-order valence-electron chi connectivity index (χ4n) is 6.81. The van der Waals surface area contributed by atoms with Crippen molar-refractivity contribution in [3.63, 3.8) is 0 Å². The minimum atomic E-state index is -4.40. The molecule has 0 radical (unpaired) electrons. The number of carbonyl (C=O) groups is 1. The molecular formula is C40H38N2O9S2. The number of amides is 1. The number of rotatable bonds is 12. The summed E-state index contributed by atoms with van der Waals surface area (Å²) in [5.74, 6) is 0.140. The lowest BCUT2D eigenvalue weighted by Crippen LogP contribution is -2.27. The lowest BCUT2D eigenvalue weighted by molar-refractivity contribution is 0.0745. The third-order valence-electron chi connectivity index (χ3n) is 9.50. The molecule has 0 spiro atoms. The highest BCUT2D eigenvalue weighted by Crippen LogP contribution is 2.36. The van der Waals surface area contributed by atoms with Gasteiger partial charge >= 0.3 is 0 Å². The highest BCUT2D eigenvalue weighted by atomic mass is 32.2. The monoisotopic (exact) mass is 754 g/mol. The van der Waals surface area contributed by atoms with Crippen LogP contribution in [0.4, 0.5) is 5.69 Å². The van der Waals surface area contributed by atoms with Gasteiger partial charge in [-0.05, 0) is 94.6 Å². The first-order valence-electron chi connectivity index (χ1n) is 17.1. The fraction of sp³-hybridized carbons (Fsp3) is 0.225. The van der Waals surface area contributed by atoms with Crippen molar-refractivity contribution < 1.29 is 40.2 Å². The summed E-state index contributed by atoms with van der Waals surface area (Å²) in [6, 6.07) is 31.3. The zero-order valence-corrected chi connectivity index (χ0v) is 30.3. The zero-order valence-electron chi connectivity index (χ0n) is 28.6. The van der Waals surface area contributed by atoms with Gasteiger partial charge in [0, 0.05) is 25.4 Å². The quantitative estimate of drug-likeness (QED) is 0.124. The summed E-state index contributed by atoms with van der Waals surface area (Å²) in [5.41, 5.74) is 7.22. The van der Waals surface area contributed by atoms with Crippen LogP contribution >= 0.6 is 0 Å². The van der Waals surface area contributed by atoms with Gasteiger partial charge in [-0.3, -0.25) is 13.9 Å². The molecule has 0 aromatic heterocycles. The van der Waals surface area contributed by atoms with Gasteiger partial charge in [0.1, 0.15) is 12.4 Å². The van der Waals surface area contributed by atoms with Gasteiger partial charge in [0.2, 0.25) is 0 Å². The molecule has 0 saturated carbocycles. The molecule has 1 atom stereocenters. The molecular weight excluding hydrogens is 717 g/mol. The van der Waals surface area contributed by atoms with E-state index in [9.17, 15) is 30.7 Å². The van der Waals surface area contributed by atoms with Crippen LogP contribution < -0.4 is 10.1 Å². The number of benzene rings is 5. The molecule has 53 heavy (non-hydrogen) atoms. The topological polar surface area (TPSA) is 160 Å². The van der Waals surface area contributed by atoms with E-state index in [0.717, 1.165) is 39.9 Å². The second kappa shape index (κ2) is 15.1. The van der Waals surface area contributed by atoms with Crippen LogP contribution in [-0.4, -0.2) is 56.0 Å². The lowest BCUT2D eigenvalue weighted by Gasteiger charge is -2.23. The number of carbonyl (C=O) groups excluding carboxylic acids is 1. The Labute approximate surface area is 308 Å². The number of nitrogens with zero attached hydrogens (tertiary/aromatic N) is 1. The minimum Gasteiger partial charge on any atom is -0.488 e. The van der Waals surface area contributed by atoms with E-state index >= 15 is 0 Å². The van der Waals surface area contributed by atoms with Crippen molar-refractivity contribution in [2.75, 3.05) is 18.5 Å². The Kier molecular flexibility index (Phi) is 10.4. The first kappa shape index (κ1) is 36.3. The first-order chi connectivity index (χ1) is 25.4. The maximum atomic E-state index is 14.8. The van der Waals surface area contributed by atoms with Gasteiger partial charge in [0.25, 0.3) is 26.1 Å². The summed E-state index contributed by atoms with van der Waals surface area (Å²) in [6.45, 7) is 2.30. The van der Waals surface area contributed by atoms with Crippen LogP contribution in [0.15, 0.2) is 119 Å². The SMILES string of the molecule is O=C(c1c(Cc2ccc(S(=O)(=O)O)cc2)cc(Cc2ccc(S(=O)(=O)O)cc2)cc1OCc1ccccc1)N1Cc2cccc(NC3CCOC3)c2C1. The average Bonchev–Trinajstić information content (AvgIpc) is 3.82. The van der Waals surface area contributed by atoms with Gasteiger partial charge in [0.05, 0.1) is 28.0 Å². The second-order valence-electron chi connectivity index (χ2n) is 13.3. The molecule has 1 amide bonds. The third kappa shape index (κ3) is 8.61. The maximum absolute atomic E-state index is 14.8. The maximum Gasteiger partial charge on any atom is 0.294 e. The van der Waals surface area contributed by atoms with Crippen molar-refractivity contribution in [1.82, 2.24) is 4.90 Å². The van der Waals surface area contributed by atoms with Crippen molar-refractivity contribution in [1.29, 1.82) is 0 Å². The number of anilines is 1. The van der Waals surface area contributed by atoms with Crippen molar-refractivity contribution in [3.8, 4) is 5.75 Å². The van der Waals surface area contributed by atoms with Crippen LogP contribution in [0.2, 0.25) is 0 Å². The molecule has 13 heteroatoms. The molecule has 2 aliphatic heterocycles. The van der Waals surface area contributed by atoms with Crippen molar-refractivity contribution in [2.24, 2.45) is 0 Å². The van der Waals surface area contributed by atoms with Gasteiger partial charge in [-0.2, -0.15) is 16.8 Å². The Hall–Kier alpha value is -5.05. The third-order valence-corrected chi connectivity index (χ3v) is 11.2. The highest BCUT2D eigenvalue weighted by Gasteiger charge is 2.31. The standard InChI is InChI=1S/C40H38N2O9S2/c43-40(42-23-31-7-4-8-37(36(31)24-42)41-33-17-18-50-26-33)39-32(20-28-11-15-35(16-12-28)53(47,48)49)21-30(19-27-9-13-34(14-10-27)52(44,45)46)22-38(39)51-25-29-5-2-1-3-6-29/h1-16,21-22,33,41H,17-20,23-26H2,(H,44,45,46)(H,47,48,49). The van der Waals surface area contributed by atoms with Gasteiger partial charge < -0.3 is 19.7 Å². The van der Waals surface area contributed by atoms with E-state index in [2.05, 4.69) is 5.32 Å². The van der Waals surface area contributed by atoms with Gasteiger partial charge in [-0.15, -0.1) is 0 Å². The predicted molar refractivity (Wildman–Crippen MR) is 198 cm³/mol. The molecule has 1 fully saturated rings. The van der Waals surface area contributed by atoms with Crippen molar-refractivity contribution in [3.05, 3.63) is 154 Å². The molecule has 1 saturated heterocycles. The van der Waals surface area contributed by atoms with E-state index in [1.807, 2.05) is 60.7 Å². The summed E-state index contributed by atoms with van der Waals surface area (Å²) in [6.07, 6.45) is 1.49. The second-order valence-corrected chi connectivity index (χ2v) is 16.1. The zero-order chi connectivity index (χ0) is 37.2. The molecule has 3 N–H and O–H groups in total. The van der Waals surface area contributed by atoms with Crippen LogP contribution in [0, 0.1) is 0 Å². The van der Waals surface area contributed by atoms with Gasteiger partial charge in [-0.25, -0.2) is 0 Å². The normalized spacial score (nSPS) is 15.7. The van der Waals surface area contributed by atoms with E-state index in [4.69, 9.17) is 9.47 Å². The van der Waals surface area contributed by atoms with Crippen LogP contribution in [0.1, 0.15) is 55.7 Å². The molecule has 2 heterocycles. The van der Waals surface area contributed by atoms with Crippen LogP contribution in [-0.2, 0) is 57.5 Å². The smallest absolute Gasteiger partial charge is 0.294 e. The molecule has 7 rings (SSSR count). The molecule has 2 aliphatic rings. The summed E-state index contributed by atoms with van der Waals surface area (Å²) in [5, 5.41) is 3.60. The minimum absolute atomic E-state index is 0.188. The predicted octanol–water partition coefficient (Wildman–Crippen LogP) is 6.30. The van der Waals surface area contributed by atoms with E-state index in [1.54, 1.807) is 29.2 Å². The molecule has 5 aromatic carbocycles. The molecule has 0 bridgehead atoms. The van der Waals surface area contributed by atoms with E-state index in [1.165, 1.54) is 24.3 Å². The molecule has 1 unspecified atom stereocenters. The first-order valence-corrected chi connectivity index (χ1v) is 20.0.